The van der Waals surface area contributed by atoms with E-state index in [0.717, 1.165) is 26.5 Å². The van der Waals surface area contributed by atoms with Crippen LogP contribution in [-0.2, 0) is 6.54 Å². The molecular formula is C17H14BrNO2. The summed E-state index contributed by atoms with van der Waals surface area (Å²) in [4.78, 5) is 0. The average Bonchev–Trinajstić information content (AvgIpc) is 2.49. The van der Waals surface area contributed by atoms with Gasteiger partial charge in [-0.2, -0.15) is 0 Å². The van der Waals surface area contributed by atoms with E-state index in [9.17, 15) is 10.2 Å². The van der Waals surface area contributed by atoms with E-state index in [-0.39, 0.29) is 11.5 Å². The fourth-order valence-corrected chi connectivity index (χ4v) is 2.74. The van der Waals surface area contributed by atoms with Crippen molar-refractivity contribution in [3.8, 4) is 11.5 Å². The molecule has 0 bridgehead atoms. The molecule has 3 aromatic rings. The van der Waals surface area contributed by atoms with E-state index in [2.05, 4.69) is 21.2 Å². The van der Waals surface area contributed by atoms with Crippen LogP contribution >= 0.6 is 15.9 Å². The molecule has 4 heteroatoms. The van der Waals surface area contributed by atoms with Gasteiger partial charge in [-0.05, 0) is 30.3 Å². The summed E-state index contributed by atoms with van der Waals surface area (Å²) in [6.07, 6.45) is 0. The molecule has 106 valence electrons. The van der Waals surface area contributed by atoms with Crippen molar-refractivity contribution < 1.29 is 10.2 Å². The van der Waals surface area contributed by atoms with Crippen molar-refractivity contribution in [3.05, 3.63) is 64.6 Å². The molecule has 0 aliphatic rings. The molecule has 3 nitrogen and oxygen atoms in total. The van der Waals surface area contributed by atoms with E-state index >= 15 is 0 Å². The van der Waals surface area contributed by atoms with Crippen LogP contribution in [0.1, 0.15) is 5.56 Å². The van der Waals surface area contributed by atoms with Crippen LogP contribution in [0.5, 0.6) is 11.5 Å². The predicted molar refractivity (Wildman–Crippen MR) is 88.7 cm³/mol. The highest BCUT2D eigenvalue weighted by Gasteiger charge is 2.06. The van der Waals surface area contributed by atoms with E-state index in [1.54, 1.807) is 18.2 Å². The maximum Gasteiger partial charge on any atom is 0.123 e. The zero-order chi connectivity index (χ0) is 14.8. The van der Waals surface area contributed by atoms with Crippen molar-refractivity contribution in [1.29, 1.82) is 0 Å². The zero-order valence-electron chi connectivity index (χ0n) is 11.2. The Morgan fingerprint density at radius 1 is 0.857 bits per heavy atom. The highest BCUT2D eigenvalue weighted by Crippen LogP contribution is 2.30. The quantitative estimate of drug-likeness (QED) is 0.650. The van der Waals surface area contributed by atoms with Crippen LogP contribution in [0.25, 0.3) is 10.8 Å². The van der Waals surface area contributed by atoms with Crippen molar-refractivity contribution in [1.82, 2.24) is 0 Å². The Morgan fingerprint density at radius 3 is 2.48 bits per heavy atom. The summed E-state index contributed by atoms with van der Waals surface area (Å²) in [5.41, 5.74) is 1.73. The molecule has 0 aromatic heterocycles. The molecule has 0 aliphatic heterocycles. The second kappa shape index (κ2) is 5.66. The summed E-state index contributed by atoms with van der Waals surface area (Å²) in [7, 11) is 0. The molecule has 0 saturated heterocycles. The number of anilines is 1. The first-order valence-electron chi connectivity index (χ1n) is 6.57. The molecule has 0 amide bonds. The number of aromatic hydroxyl groups is 2. The first kappa shape index (κ1) is 13.8. The minimum Gasteiger partial charge on any atom is -0.508 e. The lowest BCUT2D eigenvalue weighted by atomic mass is 10.1. The number of halogens is 1. The van der Waals surface area contributed by atoms with Gasteiger partial charge in [-0.15, -0.1) is 0 Å². The molecule has 0 heterocycles. The third-order valence-corrected chi connectivity index (χ3v) is 3.90. The molecule has 0 aliphatic carbocycles. The smallest absolute Gasteiger partial charge is 0.123 e. The van der Waals surface area contributed by atoms with Gasteiger partial charge in [0.1, 0.15) is 11.5 Å². The van der Waals surface area contributed by atoms with E-state index in [1.165, 1.54) is 0 Å². The second-order valence-electron chi connectivity index (χ2n) is 4.80. The molecule has 0 radical (unpaired) electrons. The Kier molecular flexibility index (Phi) is 3.71. The summed E-state index contributed by atoms with van der Waals surface area (Å²) in [6.45, 7) is 0.500. The van der Waals surface area contributed by atoms with E-state index in [4.69, 9.17) is 0 Å². The first-order valence-corrected chi connectivity index (χ1v) is 7.36. The number of fused-ring (bicyclic) bond motifs is 1. The normalized spacial score (nSPS) is 10.7. The number of hydrogen-bond acceptors (Lipinski definition) is 3. The van der Waals surface area contributed by atoms with Crippen LogP contribution in [0.3, 0.4) is 0 Å². The topological polar surface area (TPSA) is 52.5 Å². The van der Waals surface area contributed by atoms with Gasteiger partial charge in [0.25, 0.3) is 0 Å². The monoisotopic (exact) mass is 343 g/mol. The van der Waals surface area contributed by atoms with Gasteiger partial charge in [0.05, 0.1) is 0 Å². The summed E-state index contributed by atoms with van der Waals surface area (Å²) in [5, 5.41) is 24.8. The van der Waals surface area contributed by atoms with Gasteiger partial charge in [0, 0.05) is 33.0 Å². The van der Waals surface area contributed by atoms with Gasteiger partial charge < -0.3 is 15.5 Å². The predicted octanol–water partition coefficient (Wildman–Crippen LogP) is 4.63. The van der Waals surface area contributed by atoms with E-state index < -0.39 is 0 Å². The van der Waals surface area contributed by atoms with Crippen molar-refractivity contribution in [2.45, 2.75) is 6.54 Å². The third kappa shape index (κ3) is 2.81. The fourth-order valence-electron chi connectivity index (χ4n) is 2.33. The number of benzene rings is 3. The first-order chi connectivity index (χ1) is 10.1. The molecule has 0 fully saturated rings. The van der Waals surface area contributed by atoms with Crippen LogP contribution in [0.4, 0.5) is 5.69 Å². The summed E-state index contributed by atoms with van der Waals surface area (Å²) < 4.78 is 0.924. The Balaban J connectivity index is 1.92. The minimum absolute atomic E-state index is 0.258. The molecule has 0 saturated carbocycles. The molecule has 0 atom stereocenters. The molecule has 21 heavy (non-hydrogen) atoms. The number of phenolic OH excluding ortho intramolecular Hbond substituents is 2. The van der Waals surface area contributed by atoms with Crippen LogP contribution < -0.4 is 5.32 Å². The number of hydrogen-bond donors (Lipinski definition) is 3. The largest absolute Gasteiger partial charge is 0.508 e. The molecule has 3 rings (SSSR count). The lowest BCUT2D eigenvalue weighted by Gasteiger charge is -2.12. The van der Waals surface area contributed by atoms with Crippen LogP contribution in [0, 0.1) is 0 Å². The average molecular weight is 344 g/mol. The Bertz CT molecular complexity index is 802. The molecule has 3 N–H and O–H groups in total. The van der Waals surface area contributed by atoms with Crippen LogP contribution in [0.2, 0.25) is 0 Å². The van der Waals surface area contributed by atoms with E-state index in [0.29, 0.717) is 6.54 Å². The summed E-state index contributed by atoms with van der Waals surface area (Å²) in [5.74, 6) is 0.523. The molecule has 0 spiro atoms. The van der Waals surface area contributed by atoms with E-state index in [1.807, 2.05) is 36.4 Å². The summed E-state index contributed by atoms with van der Waals surface area (Å²) in [6, 6.07) is 16.5. The van der Waals surface area contributed by atoms with Crippen LogP contribution in [0.15, 0.2) is 59.1 Å². The standard InChI is InChI=1S/C17H14BrNO2/c18-12-7-8-16(20)11(9-12)10-19-15-5-1-4-14-13(15)3-2-6-17(14)21/h1-9,19-21H,10H2. The number of phenols is 2. The van der Waals surface area contributed by atoms with Gasteiger partial charge in [0.2, 0.25) is 0 Å². The van der Waals surface area contributed by atoms with Gasteiger partial charge >= 0.3 is 0 Å². The Hall–Kier alpha value is -2.20. The highest BCUT2D eigenvalue weighted by atomic mass is 79.9. The molecular weight excluding hydrogens is 330 g/mol. The minimum atomic E-state index is 0.258. The second-order valence-corrected chi connectivity index (χ2v) is 5.72. The molecule has 0 unspecified atom stereocenters. The number of nitrogens with one attached hydrogen (secondary N) is 1. The fraction of sp³-hybridized carbons (Fsp3) is 0.0588. The molecule has 3 aromatic carbocycles. The van der Waals surface area contributed by atoms with Crippen LogP contribution in [-0.4, -0.2) is 10.2 Å². The lowest BCUT2D eigenvalue weighted by Crippen LogP contribution is -2.00. The lowest BCUT2D eigenvalue weighted by molar-refractivity contribution is 0.469. The van der Waals surface area contributed by atoms with Gasteiger partial charge in [-0.25, -0.2) is 0 Å². The zero-order valence-corrected chi connectivity index (χ0v) is 12.8. The van der Waals surface area contributed by atoms with Gasteiger partial charge in [0.15, 0.2) is 0 Å². The van der Waals surface area contributed by atoms with Crippen molar-refractivity contribution >= 4 is 32.4 Å². The van der Waals surface area contributed by atoms with Gasteiger partial charge in [-0.1, -0.05) is 40.2 Å². The Morgan fingerprint density at radius 2 is 1.62 bits per heavy atom. The number of rotatable bonds is 3. The maximum atomic E-state index is 9.89. The van der Waals surface area contributed by atoms with Crippen molar-refractivity contribution in [3.63, 3.8) is 0 Å². The SMILES string of the molecule is Oc1ccc(Br)cc1CNc1cccc2c(O)cccc12. The summed E-state index contributed by atoms with van der Waals surface area (Å²) >= 11 is 3.40. The Labute approximate surface area is 131 Å². The van der Waals surface area contributed by atoms with Gasteiger partial charge in [-0.3, -0.25) is 0 Å². The van der Waals surface area contributed by atoms with Crippen molar-refractivity contribution in [2.24, 2.45) is 0 Å². The maximum absolute atomic E-state index is 9.89. The third-order valence-electron chi connectivity index (χ3n) is 3.41. The van der Waals surface area contributed by atoms with Crippen molar-refractivity contribution in [2.75, 3.05) is 5.32 Å². The highest BCUT2D eigenvalue weighted by molar-refractivity contribution is 9.10.